The fourth-order valence-corrected chi connectivity index (χ4v) is 4.52. The topological polar surface area (TPSA) is 83.1 Å². The van der Waals surface area contributed by atoms with Crippen molar-refractivity contribution in [2.24, 2.45) is 4.99 Å². The maximum absolute atomic E-state index is 9.83. The summed E-state index contributed by atoms with van der Waals surface area (Å²) in [6.45, 7) is 3.65. The van der Waals surface area contributed by atoms with E-state index in [9.17, 15) is 5.21 Å². The Kier molecular flexibility index (Phi) is 5.98. The molecule has 0 spiro atoms. The van der Waals surface area contributed by atoms with E-state index < -0.39 is 0 Å². The molecule has 1 fully saturated rings. The van der Waals surface area contributed by atoms with Gasteiger partial charge >= 0.3 is 0 Å². The summed E-state index contributed by atoms with van der Waals surface area (Å²) in [5.74, 6) is 1.38. The Morgan fingerprint density at radius 3 is 2.85 bits per heavy atom. The monoisotopic (exact) mass is 444 g/mol. The van der Waals surface area contributed by atoms with Crippen LogP contribution < -0.4 is 10.2 Å². The summed E-state index contributed by atoms with van der Waals surface area (Å²) in [5, 5.41) is 11.8. The van der Waals surface area contributed by atoms with Gasteiger partial charge in [-0.2, -0.15) is 0 Å². The maximum Gasteiger partial charge on any atom is 0.230 e. The molecule has 0 aliphatic carbocycles. The highest BCUT2D eigenvalue weighted by atomic mass is 16.5. The third-order valence-electron chi connectivity index (χ3n) is 6.33. The number of ether oxygens (including phenoxy) is 1. The van der Waals surface area contributed by atoms with Crippen LogP contribution in [0, 0.1) is 6.92 Å². The number of aromatic nitrogens is 1. The highest BCUT2D eigenvalue weighted by molar-refractivity contribution is 6.05. The average Bonchev–Trinajstić information content (AvgIpc) is 3.40. The summed E-state index contributed by atoms with van der Waals surface area (Å²) in [7, 11) is 2.16. The zero-order valence-electron chi connectivity index (χ0n) is 18.9. The van der Waals surface area contributed by atoms with Gasteiger partial charge in [0, 0.05) is 29.1 Å². The van der Waals surface area contributed by atoms with E-state index in [0.717, 1.165) is 40.6 Å². The Bertz CT molecular complexity index is 1310. The van der Waals surface area contributed by atoms with Crippen LogP contribution in [0.5, 0.6) is 11.6 Å². The number of benzene rings is 2. The lowest BCUT2D eigenvalue weighted by atomic mass is 10.1. The first-order chi connectivity index (χ1) is 16.1. The predicted molar refractivity (Wildman–Crippen MR) is 129 cm³/mol. The largest absolute Gasteiger partial charge is 0.456 e. The van der Waals surface area contributed by atoms with Gasteiger partial charge in [0.05, 0.1) is 5.56 Å². The third-order valence-corrected chi connectivity index (χ3v) is 6.33. The summed E-state index contributed by atoms with van der Waals surface area (Å²) in [4.78, 5) is 11.6. The summed E-state index contributed by atoms with van der Waals surface area (Å²) in [6, 6.07) is 17.9. The van der Waals surface area contributed by atoms with Crippen LogP contribution in [0.1, 0.15) is 30.5 Å². The second kappa shape index (κ2) is 9.21. The number of amidine groups is 1. The van der Waals surface area contributed by atoms with Gasteiger partial charge in [0.15, 0.2) is 5.84 Å². The minimum Gasteiger partial charge on any atom is -0.456 e. The molecule has 2 N–H and O–H groups in total. The van der Waals surface area contributed by atoms with Gasteiger partial charge < -0.3 is 14.1 Å². The van der Waals surface area contributed by atoms with E-state index in [4.69, 9.17) is 9.15 Å². The number of likely N-dealkylation sites (tertiary alicyclic amines) is 1. The number of para-hydroxylation sites is 1. The van der Waals surface area contributed by atoms with Gasteiger partial charge in [-0.05, 0) is 76.2 Å². The van der Waals surface area contributed by atoms with Crippen LogP contribution >= 0.6 is 0 Å². The first kappa shape index (κ1) is 21.4. The van der Waals surface area contributed by atoms with Gasteiger partial charge in [-0.25, -0.2) is 4.98 Å². The predicted octanol–water partition coefficient (Wildman–Crippen LogP) is 5.29. The lowest BCUT2D eigenvalue weighted by Crippen LogP contribution is -2.26. The van der Waals surface area contributed by atoms with E-state index in [1.807, 2.05) is 61.5 Å². The Morgan fingerprint density at radius 1 is 1.18 bits per heavy atom. The molecule has 170 valence electrons. The molecule has 0 bridgehead atoms. The van der Waals surface area contributed by atoms with E-state index in [-0.39, 0.29) is 0 Å². The molecule has 4 aromatic rings. The van der Waals surface area contributed by atoms with E-state index >= 15 is 0 Å². The number of furan rings is 1. The van der Waals surface area contributed by atoms with Crippen LogP contribution in [-0.2, 0) is 0 Å². The molecule has 1 saturated heterocycles. The van der Waals surface area contributed by atoms with Crippen LogP contribution in [0.15, 0.2) is 64.0 Å². The summed E-state index contributed by atoms with van der Waals surface area (Å²) < 4.78 is 12.1. The lowest BCUT2D eigenvalue weighted by Gasteiger charge is -2.18. The van der Waals surface area contributed by atoms with Crippen molar-refractivity contribution >= 4 is 27.8 Å². The van der Waals surface area contributed by atoms with Crippen LogP contribution in [0.25, 0.3) is 21.9 Å². The molecule has 33 heavy (non-hydrogen) atoms. The standard InChI is InChI=1S/C26H28N4O3/c1-17-9-11-21(25(29-31)27-14-13-18-6-5-15-30(18)2)26(28-17)32-19-10-12-24-22(16-19)20-7-3-4-8-23(20)33-24/h3-4,7-12,16,18,31H,5-6,13-15H2,1-2H3,(H,27,29). The van der Waals surface area contributed by atoms with E-state index in [0.29, 0.717) is 35.6 Å². The van der Waals surface area contributed by atoms with E-state index in [1.54, 1.807) is 0 Å². The van der Waals surface area contributed by atoms with Crippen LogP contribution in [0.2, 0.25) is 0 Å². The third kappa shape index (κ3) is 4.42. The van der Waals surface area contributed by atoms with Gasteiger partial charge in [0.2, 0.25) is 5.88 Å². The number of hydrogen-bond donors (Lipinski definition) is 2. The molecular weight excluding hydrogens is 416 g/mol. The number of fused-ring (bicyclic) bond motifs is 3. The summed E-state index contributed by atoms with van der Waals surface area (Å²) >= 11 is 0. The molecule has 0 saturated carbocycles. The van der Waals surface area contributed by atoms with Crippen molar-refractivity contribution in [1.29, 1.82) is 0 Å². The van der Waals surface area contributed by atoms with Crippen LogP contribution in [0.4, 0.5) is 0 Å². The molecule has 7 heteroatoms. The summed E-state index contributed by atoms with van der Waals surface area (Å²) in [5.41, 5.74) is 5.32. The molecule has 2 aromatic carbocycles. The van der Waals surface area contributed by atoms with Gasteiger partial charge in [0.25, 0.3) is 0 Å². The first-order valence-corrected chi connectivity index (χ1v) is 11.3. The Morgan fingerprint density at radius 2 is 2.03 bits per heavy atom. The smallest absolute Gasteiger partial charge is 0.230 e. The van der Waals surface area contributed by atoms with Crippen molar-refractivity contribution in [2.45, 2.75) is 32.2 Å². The SMILES string of the molecule is Cc1ccc(C(=NCCC2CCCN2C)NO)c(Oc2ccc3oc4ccccc4c3c2)n1. The molecule has 0 amide bonds. The highest BCUT2D eigenvalue weighted by Gasteiger charge is 2.20. The maximum atomic E-state index is 9.83. The number of rotatable bonds is 6. The summed E-state index contributed by atoms with van der Waals surface area (Å²) in [6.07, 6.45) is 3.37. The van der Waals surface area contributed by atoms with Gasteiger partial charge in [-0.15, -0.1) is 0 Å². The number of aryl methyl sites for hydroxylation is 1. The fourth-order valence-electron chi connectivity index (χ4n) is 4.52. The van der Waals surface area contributed by atoms with Gasteiger partial charge in [0.1, 0.15) is 16.9 Å². The lowest BCUT2D eigenvalue weighted by molar-refractivity contribution is 0.234. The van der Waals surface area contributed by atoms with Crippen molar-refractivity contribution in [3.05, 3.63) is 65.9 Å². The normalized spacial score (nSPS) is 17.2. The first-order valence-electron chi connectivity index (χ1n) is 11.3. The molecule has 1 atom stereocenters. The van der Waals surface area contributed by atoms with Crippen molar-refractivity contribution < 1.29 is 14.4 Å². The second-order valence-corrected chi connectivity index (χ2v) is 8.57. The number of hydroxylamine groups is 1. The number of hydrogen-bond acceptors (Lipinski definition) is 6. The van der Waals surface area contributed by atoms with E-state index in [1.165, 1.54) is 12.8 Å². The Hall–Kier alpha value is -3.42. The van der Waals surface area contributed by atoms with Crippen LogP contribution in [0.3, 0.4) is 0 Å². The van der Waals surface area contributed by atoms with Gasteiger partial charge in [-0.3, -0.25) is 15.7 Å². The molecule has 3 heterocycles. The minimum atomic E-state index is 0.355. The molecule has 1 aliphatic heterocycles. The number of aliphatic imine (C=N–C) groups is 1. The molecule has 1 unspecified atom stereocenters. The number of pyridine rings is 1. The number of nitrogens with one attached hydrogen (secondary N) is 1. The van der Waals surface area contributed by atoms with Crippen molar-refractivity contribution in [1.82, 2.24) is 15.4 Å². The molecular formula is C26H28N4O3. The molecule has 5 rings (SSSR count). The highest BCUT2D eigenvalue weighted by Crippen LogP contribution is 2.33. The van der Waals surface area contributed by atoms with Crippen molar-refractivity contribution in [3.63, 3.8) is 0 Å². The molecule has 7 nitrogen and oxygen atoms in total. The second-order valence-electron chi connectivity index (χ2n) is 8.57. The fraction of sp³-hybridized carbons (Fsp3) is 0.308. The van der Waals surface area contributed by atoms with E-state index in [2.05, 4.69) is 27.4 Å². The quantitative estimate of drug-likeness (QED) is 0.239. The van der Waals surface area contributed by atoms with Crippen LogP contribution in [-0.4, -0.2) is 47.1 Å². The zero-order chi connectivity index (χ0) is 22.8. The Labute approximate surface area is 192 Å². The molecule has 2 aromatic heterocycles. The van der Waals surface area contributed by atoms with Crippen molar-refractivity contribution in [3.8, 4) is 11.6 Å². The van der Waals surface area contributed by atoms with Gasteiger partial charge in [-0.1, -0.05) is 18.2 Å². The Balaban J connectivity index is 1.43. The molecule has 0 radical (unpaired) electrons. The molecule has 1 aliphatic rings. The minimum absolute atomic E-state index is 0.355. The number of nitrogens with zero attached hydrogens (tertiary/aromatic N) is 3. The van der Waals surface area contributed by atoms with Crippen molar-refractivity contribution in [2.75, 3.05) is 20.1 Å². The zero-order valence-corrected chi connectivity index (χ0v) is 18.9. The average molecular weight is 445 g/mol.